The molecule has 0 aliphatic heterocycles. The van der Waals surface area contributed by atoms with Crippen LogP contribution in [0.2, 0.25) is 0 Å². The Morgan fingerprint density at radius 1 is 1.33 bits per heavy atom. The minimum atomic E-state index is -0.490. The quantitative estimate of drug-likeness (QED) is 0.721. The molecule has 0 saturated carbocycles. The van der Waals surface area contributed by atoms with Crippen LogP contribution in [0.3, 0.4) is 0 Å². The van der Waals surface area contributed by atoms with Gasteiger partial charge in [0.2, 0.25) is 5.91 Å². The van der Waals surface area contributed by atoms with E-state index in [1.807, 2.05) is 24.3 Å². The van der Waals surface area contributed by atoms with Crippen molar-refractivity contribution in [1.29, 1.82) is 0 Å². The van der Waals surface area contributed by atoms with Gasteiger partial charge in [0.1, 0.15) is 18.2 Å². The first kappa shape index (κ1) is 16.1. The zero-order chi connectivity index (χ0) is 17.1. The average Bonchev–Trinajstić information content (AvgIpc) is 3.26. The molecule has 0 aliphatic carbocycles. The molecule has 2 heterocycles. The third kappa shape index (κ3) is 3.12. The number of aromatic amines is 1. The number of nitrogens with zero attached hydrogens (tertiary/aromatic N) is 5. The van der Waals surface area contributed by atoms with E-state index < -0.39 is 6.04 Å². The average molecular weight is 327 g/mol. The molecule has 8 heteroatoms. The Morgan fingerprint density at radius 3 is 2.79 bits per heavy atom. The third-order valence-electron chi connectivity index (χ3n) is 4.35. The summed E-state index contributed by atoms with van der Waals surface area (Å²) in [6.07, 6.45) is 2.35. The summed E-state index contributed by atoms with van der Waals surface area (Å²) in [5.74, 6) is 0.853. The van der Waals surface area contributed by atoms with E-state index in [0.717, 1.165) is 23.3 Å². The van der Waals surface area contributed by atoms with Gasteiger partial charge in [0, 0.05) is 0 Å². The molecule has 0 aliphatic rings. The highest BCUT2D eigenvalue weighted by Gasteiger charge is 2.26. The molecule has 1 amide bonds. The molecular weight excluding hydrogens is 306 g/mol. The van der Waals surface area contributed by atoms with Gasteiger partial charge >= 0.3 is 0 Å². The van der Waals surface area contributed by atoms with Gasteiger partial charge in [-0.1, -0.05) is 32.4 Å². The van der Waals surface area contributed by atoms with Crippen LogP contribution < -0.4 is 5.32 Å². The van der Waals surface area contributed by atoms with E-state index in [1.54, 1.807) is 6.92 Å². The van der Waals surface area contributed by atoms with Crippen LogP contribution in [0.5, 0.6) is 0 Å². The number of fused-ring (bicyclic) bond motifs is 1. The second kappa shape index (κ2) is 6.77. The normalized spacial score (nSPS) is 15.1. The summed E-state index contributed by atoms with van der Waals surface area (Å²) in [6.45, 7) is 5.95. The number of carbonyl (C=O) groups excluding carboxylic acids is 1. The number of rotatable bonds is 6. The highest BCUT2D eigenvalue weighted by molar-refractivity contribution is 5.80. The molecule has 0 fully saturated rings. The number of H-pyrrole nitrogens is 1. The van der Waals surface area contributed by atoms with Gasteiger partial charge < -0.3 is 10.3 Å². The first-order valence-corrected chi connectivity index (χ1v) is 8.07. The monoisotopic (exact) mass is 327 g/mol. The van der Waals surface area contributed by atoms with Crippen LogP contribution in [-0.2, 0) is 4.79 Å². The Bertz CT molecular complexity index is 778. The molecule has 2 aromatic heterocycles. The molecule has 3 atom stereocenters. The number of nitrogens with one attached hydrogen (secondary N) is 2. The number of benzene rings is 1. The van der Waals surface area contributed by atoms with Gasteiger partial charge in [-0.25, -0.2) is 9.67 Å². The molecule has 8 nitrogen and oxygen atoms in total. The Morgan fingerprint density at radius 2 is 2.12 bits per heavy atom. The topological polar surface area (TPSA) is 101 Å². The maximum absolute atomic E-state index is 12.6. The van der Waals surface area contributed by atoms with E-state index in [2.05, 4.69) is 44.7 Å². The number of carbonyl (C=O) groups is 1. The number of hydrogen-bond donors (Lipinski definition) is 2. The van der Waals surface area contributed by atoms with Crippen LogP contribution in [0.1, 0.15) is 45.1 Å². The largest absolute Gasteiger partial charge is 0.344 e. The summed E-state index contributed by atoms with van der Waals surface area (Å²) >= 11 is 0. The Balaban J connectivity index is 1.85. The number of tetrazole rings is 1. The summed E-state index contributed by atoms with van der Waals surface area (Å²) in [7, 11) is 0. The van der Waals surface area contributed by atoms with Crippen LogP contribution >= 0.6 is 0 Å². The van der Waals surface area contributed by atoms with E-state index >= 15 is 0 Å². The van der Waals surface area contributed by atoms with E-state index in [-0.39, 0.29) is 17.9 Å². The van der Waals surface area contributed by atoms with Gasteiger partial charge in [0.05, 0.1) is 17.1 Å². The zero-order valence-electron chi connectivity index (χ0n) is 14.0. The minimum Gasteiger partial charge on any atom is -0.344 e. The summed E-state index contributed by atoms with van der Waals surface area (Å²) in [4.78, 5) is 20.5. The summed E-state index contributed by atoms with van der Waals surface area (Å²) in [5, 5.41) is 14.0. The van der Waals surface area contributed by atoms with Crippen LogP contribution in [0, 0.1) is 5.92 Å². The predicted octanol–water partition coefficient (Wildman–Crippen LogP) is 2.01. The second-order valence-corrected chi connectivity index (χ2v) is 5.98. The SMILES string of the molecule is CCC(C)C(NC(=O)C(C)n1cnnn1)c1nc2ccccc2[nH]1. The van der Waals surface area contributed by atoms with Gasteiger partial charge in [-0.05, 0) is 35.4 Å². The van der Waals surface area contributed by atoms with Crippen LogP contribution in [0.15, 0.2) is 30.6 Å². The lowest BCUT2D eigenvalue weighted by Gasteiger charge is -2.24. The van der Waals surface area contributed by atoms with Crippen molar-refractivity contribution in [1.82, 2.24) is 35.5 Å². The summed E-state index contributed by atoms with van der Waals surface area (Å²) < 4.78 is 1.43. The van der Waals surface area contributed by atoms with Crippen molar-refractivity contribution in [2.45, 2.75) is 39.3 Å². The lowest BCUT2D eigenvalue weighted by atomic mass is 9.98. The van der Waals surface area contributed by atoms with Gasteiger partial charge in [-0.2, -0.15) is 0 Å². The molecule has 0 saturated heterocycles. The maximum atomic E-state index is 12.6. The molecule has 1 aromatic carbocycles. The van der Waals surface area contributed by atoms with Crippen LogP contribution in [0.4, 0.5) is 0 Å². The molecule has 2 N–H and O–H groups in total. The molecule has 0 radical (unpaired) electrons. The lowest BCUT2D eigenvalue weighted by Crippen LogP contribution is -2.37. The number of para-hydroxylation sites is 2. The Labute approximate surface area is 139 Å². The number of hydrogen-bond acceptors (Lipinski definition) is 5. The smallest absolute Gasteiger partial charge is 0.245 e. The van der Waals surface area contributed by atoms with Crippen molar-refractivity contribution in [3.8, 4) is 0 Å². The molecule has 24 heavy (non-hydrogen) atoms. The van der Waals surface area contributed by atoms with Crippen molar-refractivity contribution in [2.75, 3.05) is 0 Å². The molecule has 3 rings (SSSR count). The van der Waals surface area contributed by atoms with Crippen molar-refractivity contribution >= 4 is 16.9 Å². The predicted molar refractivity (Wildman–Crippen MR) is 89.0 cm³/mol. The van der Waals surface area contributed by atoms with Crippen molar-refractivity contribution < 1.29 is 4.79 Å². The van der Waals surface area contributed by atoms with Crippen molar-refractivity contribution in [2.24, 2.45) is 5.92 Å². The van der Waals surface area contributed by atoms with Crippen molar-refractivity contribution in [3.05, 3.63) is 36.4 Å². The zero-order valence-corrected chi connectivity index (χ0v) is 14.0. The molecule has 126 valence electrons. The fourth-order valence-corrected chi connectivity index (χ4v) is 2.58. The number of imidazole rings is 1. The highest BCUT2D eigenvalue weighted by Crippen LogP contribution is 2.25. The van der Waals surface area contributed by atoms with E-state index in [9.17, 15) is 4.79 Å². The van der Waals surface area contributed by atoms with E-state index in [1.165, 1.54) is 11.0 Å². The Kier molecular flexibility index (Phi) is 4.54. The van der Waals surface area contributed by atoms with Crippen molar-refractivity contribution in [3.63, 3.8) is 0 Å². The van der Waals surface area contributed by atoms with Gasteiger partial charge in [0.15, 0.2) is 0 Å². The first-order valence-electron chi connectivity index (χ1n) is 8.07. The molecule has 0 bridgehead atoms. The highest BCUT2D eigenvalue weighted by atomic mass is 16.2. The fraction of sp³-hybridized carbons (Fsp3) is 0.438. The molecule has 3 unspecified atom stereocenters. The molecule has 3 aromatic rings. The minimum absolute atomic E-state index is 0.145. The second-order valence-electron chi connectivity index (χ2n) is 5.98. The third-order valence-corrected chi connectivity index (χ3v) is 4.35. The molecule has 0 spiro atoms. The van der Waals surface area contributed by atoms with Crippen LogP contribution in [0.25, 0.3) is 11.0 Å². The summed E-state index contributed by atoms with van der Waals surface area (Å²) in [6, 6.07) is 7.15. The van der Waals surface area contributed by atoms with Gasteiger partial charge in [-0.15, -0.1) is 5.10 Å². The number of aromatic nitrogens is 6. The standard InChI is InChI=1S/C16H21N7O/c1-4-10(2)14(15-18-12-7-5-6-8-13(12)19-15)20-16(24)11(3)23-9-17-21-22-23/h5-11,14H,4H2,1-3H3,(H,18,19)(H,20,24). The van der Waals surface area contributed by atoms with Gasteiger partial charge in [0.25, 0.3) is 0 Å². The van der Waals surface area contributed by atoms with Crippen LogP contribution in [-0.4, -0.2) is 36.1 Å². The molecular formula is C16H21N7O. The Hall–Kier alpha value is -2.77. The number of amides is 1. The fourth-order valence-electron chi connectivity index (χ4n) is 2.58. The van der Waals surface area contributed by atoms with E-state index in [0.29, 0.717) is 0 Å². The summed E-state index contributed by atoms with van der Waals surface area (Å²) in [5.41, 5.74) is 1.85. The first-order chi connectivity index (χ1) is 11.6. The maximum Gasteiger partial charge on any atom is 0.245 e. The van der Waals surface area contributed by atoms with Gasteiger partial charge in [-0.3, -0.25) is 4.79 Å². The van der Waals surface area contributed by atoms with E-state index in [4.69, 9.17) is 0 Å². The lowest BCUT2D eigenvalue weighted by molar-refractivity contribution is -0.125.